The van der Waals surface area contributed by atoms with Crippen LogP contribution in [0.2, 0.25) is 0 Å². The van der Waals surface area contributed by atoms with Crippen molar-refractivity contribution < 1.29 is 9.18 Å². The van der Waals surface area contributed by atoms with Crippen LogP contribution in [-0.4, -0.2) is 21.5 Å². The first-order valence-corrected chi connectivity index (χ1v) is 9.73. The third-order valence-electron chi connectivity index (χ3n) is 5.50. The second kappa shape index (κ2) is 7.26. The summed E-state index contributed by atoms with van der Waals surface area (Å²) in [6, 6.07) is 8.99. The van der Waals surface area contributed by atoms with E-state index >= 15 is 0 Å². The SMILES string of the molecule is CC(C)C(=O)NC1CCc2c(c3cc(N)ccc3n2Cc2ncccc2F)C1. The molecule has 1 aliphatic carbocycles. The zero-order valence-corrected chi connectivity index (χ0v) is 16.2. The molecule has 0 saturated heterocycles. The number of nitrogens with two attached hydrogens (primary N) is 1. The lowest BCUT2D eigenvalue weighted by molar-refractivity contribution is -0.124. The number of nitrogen functional groups attached to an aromatic ring is 1. The number of amides is 1. The van der Waals surface area contributed by atoms with E-state index in [2.05, 4.69) is 14.9 Å². The van der Waals surface area contributed by atoms with Gasteiger partial charge in [0.25, 0.3) is 0 Å². The summed E-state index contributed by atoms with van der Waals surface area (Å²) in [7, 11) is 0. The lowest BCUT2D eigenvalue weighted by Crippen LogP contribution is -2.41. The highest BCUT2D eigenvalue weighted by Gasteiger charge is 2.27. The fourth-order valence-corrected chi connectivity index (χ4v) is 4.02. The van der Waals surface area contributed by atoms with Gasteiger partial charge in [0.15, 0.2) is 0 Å². The number of hydrogen-bond donors (Lipinski definition) is 2. The number of aromatic nitrogens is 2. The van der Waals surface area contributed by atoms with Crippen LogP contribution >= 0.6 is 0 Å². The quantitative estimate of drug-likeness (QED) is 0.681. The summed E-state index contributed by atoms with van der Waals surface area (Å²) in [5, 5.41) is 4.23. The molecule has 0 radical (unpaired) electrons. The van der Waals surface area contributed by atoms with Crippen LogP contribution in [0.15, 0.2) is 36.5 Å². The Hall–Kier alpha value is -2.89. The molecule has 3 N–H and O–H groups in total. The number of halogens is 1. The number of nitrogens with one attached hydrogen (secondary N) is 1. The largest absolute Gasteiger partial charge is 0.399 e. The van der Waals surface area contributed by atoms with Crippen LogP contribution in [0, 0.1) is 11.7 Å². The summed E-state index contributed by atoms with van der Waals surface area (Å²) in [5.41, 5.74) is 10.6. The van der Waals surface area contributed by atoms with Gasteiger partial charge in [0.1, 0.15) is 5.82 Å². The number of rotatable bonds is 4. The molecule has 1 atom stereocenters. The van der Waals surface area contributed by atoms with Crippen LogP contribution in [0.3, 0.4) is 0 Å². The van der Waals surface area contributed by atoms with Crippen LogP contribution in [-0.2, 0) is 24.2 Å². The molecule has 5 nitrogen and oxygen atoms in total. The van der Waals surface area contributed by atoms with Gasteiger partial charge >= 0.3 is 0 Å². The van der Waals surface area contributed by atoms with E-state index in [4.69, 9.17) is 5.73 Å². The van der Waals surface area contributed by atoms with Crippen molar-refractivity contribution in [3.05, 3.63) is 59.3 Å². The van der Waals surface area contributed by atoms with E-state index in [1.807, 2.05) is 32.0 Å². The Morgan fingerprint density at radius 3 is 2.96 bits per heavy atom. The molecule has 1 amide bonds. The van der Waals surface area contributed by atoms with Crippen LogP contribution in [0.1, 0.15) is 37.2 Å². The number of hydrogen-bond acceptors (Lipinski definition) is 3. The molecule has 1 unspecified atom stereocenters. The molecule has 0 bridgehead atoms. The van der Waals surface area contributed by atoms with Gasteiger partial charge in [0, 0.05) is 40.4 Å². The summed E-state index contributed by atoms with van der Waals surface area (Å²) < 4.78 is 16.4. The van der Waals surface area contributed by atoms with E-state index in [-0.39, 0.29) is 23.7 Å². The van der Waals surface area contributed by atoms with Gasteiger partial charge in [0.2, 0.25) is 5.91 Å². The zero-order valence-electron chi connectivity index (χ0n) is 16.2. The van der Waals surface area contributed by atoms with Crippen LogP contribution in [0.5, 0.6) is 0 Å². The maximum absolute atomic E-state index is 14.2. The van der Waals surface area contributed by atoms with Crippen molar-refractivity contribution in [3.8, 4) is 0 Å². The maximum Gasteiger partial charge on any atom is 0.222 e. The molecular weight excluding hydrogens is 355 g/mol. The van der Waals surface area contributed by atoms with E-state index in [0.29, 0.717) is 17.9 Å². The highest BCUT2D eigenvalue weighted by molar-refractivity contribution is 5.89. The third kappa shape index (κ3) is 3.35. The Balaban J connectivity index is 1.75. The van der Waals surface area contributed by atoms with Crippen molar-refractivity contribution in [2.24, 2.45) is 5.92 Å². The molecule has 0 aliphatic heterocycles. The van der Waals surface area contributed by atoms with E-state index in [9.17, 15) is 9.18 Å². The molecule has 1 aliphatic rings. The fourth-order valence-electron chi connectivity index (χ4n) is 4.02. The topological polar surface area (TPSA) is 72.9 Å². The van der Waals surface area contributed by atoms with Gasteiger partial charge in [-0.15, -0.1) is 0 Å². The normalized spacial score (nSPS) is 16.4. The van der Waals surface area contributed by atoms with Gasteiger partial charge in [-0.2, -0.15) is 0 Å². The molecule has 4 rings (SSSR count). The maximum atomic E-state index is 14.2. The molecule has 0 spiro atoms. The summed E-state index contributed by atoms with van der Waals surface area (Å²) in [4.78, 5) is 16.4. The Kier molecular flexibility index (Phi) is 4.79. The number of anilines is 1. The molecule has 6 heteroatoms. The third-order valence-corrected chi connectivity index (χ3v) is 5.50. The highest BCUT2D eigenvalue weighted by Crippen LogP contribution is 2.34. The van der Waals surface area contributed by atoms with E-state index in [1.165, 1.54) is 17.3 Å². The Labute approximate surface area is 163 Å². The minimum atomic E-state index is -0.300. The van der Waals surface area contributed by atoms with Gasteiger partial charge < -0.3 is 15.6 Å². The molecule has 146 valence electrons. The highest BCUT2D eigenvalue weighted by atomic mass is 19.1. The smallest absolute Gasteiger partial charge is 0.222 e. The number of pyridine rings is 1. The minimum absolute atomic E-state index is 0.0366. The fraction of sp³-hybridized carbons (Fsp3) is 0.364. The second-order valence-corrected chi connectivity index (χ2v) is 7.82. The van der Waals surface area contributed by atoms with Gasteiger partial charge in [-0.1, -0.05) is 13.8 Å². The van der Waals surface area contributed by atoms with Crippen molar-refractivity contribution in [3.63, 3.8) is 0 Å². The standard InChI is InChI=1S/C22H25FN4O/c1-13(2)22(28)26-15-6-8-21-17(11-15)16-10-14(24)5-7-20(16)27(21)12-19-18(23)4-3-9-25-19/h3-5,7,9-10,13,15H,6,8,11-12,24H2,1-2H3,(H,26,28). The number of benzene rings is 1. The lowest BCUT2D eigenvalue weighted by Gasteiger charge is -2.26. The van der Waals surface area contributed by atoms with Gasteiger partial charge in [-0.25, -0.2) is 4.39 Å². The number of nitrogens with zero attached hydrogens (tertiary/aromatic N) is 2. The molecule has 2 heterocycles. The van der Waals surface area contributed by atoms with E-state index in [0.717, 1.165) is 30.2 Å². The molecule has 1 aromatic carbocycles. The second-order valence-electron chi connectivity index (χ2n) is 7.82. The number of carbonyl (C=O) groups is 1. The zero-order chi connectivity index (χ0) is 19.8. The first-order chi connectivity index (χ1) is 13.4. The first kappa shape index (κ1) is 18.5. The first-order valence-electron chi connectivity index (χ1n) is 9.73. The average molecular weight is 380 g/mol. The average Bonchev–Trinajstić information content (AvgIpc) is 2.96. The van der Waals surface area contributed by atoms with Gasteiger partial charge in [-0.3, -0.25) is 9.78 Å². The molecule has 28 heavy (non-hydrogen) atoms. The van der Waals surface area contributed by atoms with Gasteiger partial charge in [-0.05, 0) is 55.2 Å². The van der Waals surface area contributed by atoms with Crippen LogP contribution in [0.4, 0.5) is 10.1 Å². The predicted octanol–water partition coefficient (Wildman–Crippen LogP) is 3.44. The lowest BCUT2D eigenvalue weighted by atomic mass is 9.91. The predicted molar refractivity (Wildman–Crippen MR) is 108 cm³/mol. The van der Waals surface area contributed by atoms with Crippen LogP contribution < -0.4 is 11.1 Å². The Morgan fingerprint density at radius 2 is 2.21 bits per heavy atom. The summed E-state index contributed by atoms with van der Waals surface area (Å²) in [5.74, 6) is -0.260. The molecule has 3 aromatic rings. The van der Waals surface area contributed by atoms with Crippen molar-refractivity contribution >= 4 is 22.5 Å². The van der Waals surface area contributed by atoms with E-state index < -0.39 is 0 Å². The van der Waals surface area contributed by atoms with Crippen molar-refractivity contribution in [1.82, 2.24) is 14.9 Å². The minimum Gasteiger partial charge on any atom is -0.399 e. The summed E-state index contributed by atoms with van der Waals surface area (Å²) >= 11 is 0. The van der Waals surface area contributed by atoms with Crippen molar-refractivity contribution in [2.75, 3.05) is 5.73 Å². The Morgan fingerprint density at radius 1 is 1.39 bits per heavy atom. The Bertz CT molecular complexity index is 1040. The summed E-state index contributed by atoms with van der Waals surface area (Å²) in [6.07, 6.45) is 4.06. The molecule has 0 fully saturated rings. The number of carbonyl (C=O) groups excluding carboxylic acids is 1. The van der Waals surface area contributed by atoms with Crippen molar-refractivity contribution in [2.45, 2.75) is 45.7 Å². The molecule has 2 aromatic heterocycles. The van der Waals surface area contributed by atoms with Crippen molar-refractivity contribution in [1.29, 1.82) is 0 Å². The molecule has 0 saturated carbocycles. The van der Waals surface area contributed by atoms with Crippen LogP contribution in [0.25, 0.3) is 10.9 Å². The van der Waals surface area contributed by atoms with Gasteiger partial charge in [0.05, 0.1) is 12.2 Å². The number of fused-ring (bicyclic) bond motifs is 3. The molecular formula is C22H25FN4O. The monoisotopic (exact) mass is 380 g/mol. The summed E-state index contributed by atoms with van der Waals surface area (Å²) in [6.45, 7) is 4.18. The van der Waals surface area contributed by atoms with E-state index in [1.54, 1.807) is 12.3 Å².